The first-order chi connectivity index (χ1) is 23.6. The van der Waals surface area contributed by atoms with Gasteiger partial charge in [0.1, 0.15) is 0 Å². The summed E-state index contributed by atoms with van der Waals surface area (Å²) in [5.74, 6) is -0.546. The Morgan fingerprint density at radius 2 is 1.04 bits per heavy atom. The molecule has 0 saturated carbocycles. The summed E-state index contributed by atoms with van der Waals surface area (Å²) in [6.07, 6.45) is 0. The molecule has 5 rings (SSSR count). The highest BCUT2D eigenvalue weighted by Crippen LogP contribution is 2.40. The van der Waals surface area contributed by atoms with E-state index < -0.39 is 31.6 Å². The van der Waals surface area contributed by atoms with Crippen LogP contribution in [0.25, 0.3) is 0 Å². The van der Waals surface area contributed by atoms with Crippen LogP contribution in [0.2, 0.25) is 0 Å². The van der Waals surface area contributed by atoms with Crippen molar-refractivity contribution in [3.63, 3.8) is 0 Å². The highest BCUT2D eigenvalue weighted by atomic mass is 32.2. The van der Waals surface area contributed by atoms with E-state index in [1.165, 1.54) is 23.8 Å². The van der Waals surface area contributed by atoms with Gasteiger partial charge in [-0.15, -0.1) is 0 Å². The van der Waals surface area contributed by atoms with Gasteiger partial charge in [-0.05, 0) is 106 Å². The van der Waals surface area contributed by atoms with E-state index in [0.29, 0.717) is 16.7 Å². The highest BCUT2D eigenvalue weighted by Gasteiger charge is 2.27. The number of anilines is 4. The van der Waals surface area contributed by atoms with Crippen molar-refractivity contribution in [2.45, 2.75) is 81.9 Å². The number of benzene rings is 5. The molecule has 4 N–H and O–H groups in total. The number of nitrogens with one attached hydrogen (secondary N) is 2. The molecule has 0 amide bonds. The minimum atomic E-state index is -4.54. The standard InChI is InChI=1S/C41H46N2O6S2/c1-26-12-11-14-34(40(3,4)5)38(26)42-30-20-16-28(17-21-30)37(33-13-9-10-15-36(33)51(47,48)49)29-18-22-31(23-19-29)43-39-27(2)24-32(50(44,45)46)25-35(39)41(6,7)8/h9-25,37,42-43H,1-8H3,(H,44,45,46)(H,47,48,49). The number of aryl methyl sites for hydroxylation is 2. The third kappa shape index (κ3) is 8.53. The minimum absolute atomic E-state index is 0.0730. The first-order valence-electron chi connectivity index (χ1n) is 16.7. The zero-order valence-corrected chi connectivity index (χ0v) is 31.9. The molecular formula is C41H46N2O6S2. The molecule has 0 aliphatic rings. The van der Waals surface area contributed by atoms with Gasteiger partial charge in [0, 0.05) is 28.7 Å². The third-order valence-corrected chi connectivity index (χ3v) is 10.8. The minimum Gasteiger partial charge on any atom is -0.355 e. The SMILES string of the molecule is Cc1cccc(C(C)(C)C)c1Nc1ccc(C(c2ccc(Nc3c(C)cc(S(=O)(=O)O)cc3C(C)(C)C)cc2)c2ccccc2S(=O)(=O)O)cc1. The first-order valence-corrected chi connectivity index (χ1v) is 19.6. The zero-order valence-electron chi connectivity index (χ0n) is 30.2. The van der Waals surface area contributed by atoms with Gasteiger partial charge >= 0.3 is 0 Å². The number of hydrogen-bond donors (Lipinski definition) is 4. The van der Waals surface area contributed by atoms with Crippen molar-refractivity contribution in [1.82, 2.24) is 0 Å². The second kappa shape index (κ2) is 13.9. The molecule has 0 aromatic heterocycles. The van der Waals surface area contributed by atoms with Crippen LogP contribution in [0, 0.1) is 13.8 Å². The predicted octanol–water partition coefficient (Wildman–Crippen LogP) is 10.1. The van der Waals surface area contributed by atoms with Crippen LogP contribution in [-0.4, -0.2) is 25.9 Å². The van der Waals surface area contributed by atoms with E-state index in [1.807, 2.05) is 69.3 Å². The van der Waals surface area contributed by atoms with Crippen LogP contribution in [-0.2, 0) is 31.1 Å². The van der Waals surface area contributed by atoms with Crippen LogP contribution in [0.15, 0.2) is 113 Å². The molecular weight excluding hydrogens is 681 g/mol. The first kappa shape index (κ1) is 37.8. The van der Waals surface area contributed by atoms with E-state index in [0.717, 1.165) is 39.4 Å². The van der Waals surface area contributed by atoms with Crippen molar-refractivity contribution in [3.05, 3.63) is 142 Å². The summed E-state index contributed by atoms with van der Waals surface area (Å²) < 4.78 is 69.2. The molecule has 1 unspecified atom stereocenters. The second-order valence-corrected chi connectivity index (χ2v) is 17.9. The number of rotatable bonds is 9. The molecule has 268 valence electrons. The summed E-state index contributed by atoms with van der Waals surface area (Å²) in [4.78, 5) is -0.334. The molecule has 10 heteroatoms. The summed E-state index contributed by atoms with van der Waals surface area (Å²) in [5, 5.41) is 7.04. The van der Waals surface area contributed by atoms with Crippen molar-refractivity contribution in [1.29, 1.82) is 0 Å². The largest absolute Gasteiger partial charge is 0.355 e. The van der Waals surface area contributed by atoms with E-state index in [4.69, 9.17) is 0 Å². The average Bonchev–Trinajstić information content (AvgIpc) is 3.03. The lowest BCUT2D eigenvalue weighted by molar-refractivity contribution is 0.480. The summed E-state index contributed by atoms with van der Waals surface area (Å²) in [5.41, 5.74) is 8.58. The molecule has 0 bridgehead atoms. The molecule has 0 radical (unpaired) electrons. The molecule has 0 aliphatic heterocycles. The molecule has 0 saturated heterocycles. The topological polar surface area (TPSA) is 133 Å². The fourth-order valence-corrected chi connectivity index (χ4v) is 7.76. The van der Waals surface area contributed by atoms with Gasteiger partial charge in [-0.25, -0.2) is 0 Å². The van der Waals surface area contributed by atoms with Crippen molar-refractivity contribution in [2.75, 3.05) is 10.6 Å². The fraction of sp³-hybridized carbons (Fsp3) is 0.268. The van der Waals surface area contributed by atoms with Crippen molar-refractivity contribution >= 4 is 43.0 Å². The molecule has 0 fully saturated rings. The van der Waals surface area contributed by atoms with Gasteiger partial charge in [-0.1, -0.05) is 102 Å². The highest BCUT2D eigenvalue weighted by molar-refractivity contribution is 7.86. The van der Waals surface area contributed by atoms with Crippen LogP contribution in [0.3, 0.4) is 0 Å². The van der Waals surface area contributed by atoms with Crippen molar-refractivity contribution < 1.29 is 25.9 Å². The summed E-state index contributed by atoms with van der Waals surface area (Å²) in [6.45, 7) is 16.3. The van der Waals surface area contributed by atoms with Gasteiger partial charge in [0.25, 0.3) is 20.2 Å². The normalized spacial score (nSPS) is 13.1. The lowest BCUT2D eigenvalue weighted by atomic mass is 9.84. The molecule has 5 aromatic rings. The Balaban J connectivity index is 1.56. The van der Waals surface area contributed by atoms with Gasteiger partial charge in [0.2, 0.25) is 0 Å². The monoisotopic (exact) mass is 726 g/mol. The van der Waals surface area contributed by atoms with Crippen LogP contribution in [0.5, 0.6) is 0 Å². The maximum absolute atomic E-state index is 12.6. The predicted molar refractivity (Wildman–Crippen MR) is 206 cm³/mol. The van der Waals surface area contributed by atoms with E-state index in [1.54, 1.807) is 25.1 Å². The lowest BCUT2D eigenvalue weighted by Gasteiger charge is -2.26. The lowest BCUT2D eigenvalue weighted by Crippen LogP contribution is -2.16. The Morgan fingerprint density at radius 1 is 0.549 bits per heavy atom. The summed E-state index contributed by atoms with van der Waals surface area (Å²) in [7, 11) is -8.94. The van der Waals surface area contributed by atoms with E-state index >= 15 is 0 Å². The molecule has 0 aliphatic carbocycles. The van der Waals surface area contributed by atoms with Crippen LogP contribution in [0.1, 0.15) is 86.4 Å². The van der Waals surface area contributed by atoms with Crippen molar-refractivity contribution in [3.8, 4) is 0 Å². The maximum atomic E-state index is 12.6. The summed E-state index contributed by atoms with van der Waals surface area (Å²) >= 11 is 0. The Hall–Kier alpha value is -4.48. The molecule has 0 spiro atoms. The molecule has 51 heavy (non-hydrogen) atoms. The van der Waals surface area contributed by atoms with Gasteiger partial charge in [0.15, 0.2) is 0 Å². The average molecular weight is 727 g/mol. The maximum Gasteiger partial charge on any atom is 0.294 e. The van der Waals surface area contributed by atoms with Crippen LogP contribution < -0.4 is 10.6 Å². The fourth-order valence-electron chi connectivity index (χ4n) is 6.43. The Labute approximate surface area is 302 Å². The van der Waals surface area contributed by atoms with Crippen molar-refractivity contribution in [2.24, 2.45) is 0 Å². The van der Waals surface area contributed by atoms with Gasteiger partial charge in [0.05, 0.1) is 9.79 Å². The van der Waals surface area contributed by atoms with E-state index in [9.17, 15) is 25.9 Å². The number of hydrogen-bond acceptors (Lipinski definition) is 6. The smallest absolute Gasteiger partial charge is 0.294 e. The summed E-state index contributed by atoms with van der Waals surface area (Å²) in [6, 6.07) is 31.1. The molecule has 5 aromatic carbocycles. The zero-order chi connectivity index (χ0) is 37.5. The molecule has 1 atom stereocenters. The van der Waals surface area contributed by atoms with Crippen LogP contribution in [0.4, 0.5) is 22.7 Å². The van der Waals surface area contributed by atoms with Crippen LogP contribution >= 0.6 is 0 Å². The Kier molecular flexibility index (Phi) is 10.3. The van der Waals surface area contributed by atoms with E-state index in [2.05, 4.69) is 56.5 Å². The molecule has 8 nitrogen and oxygen atoms in total. The Morgan fingerprint density at radius 3 is 1.51 bits per heavy atom. The van der Waals surface area contributed by atoms with E-state index in [-0.39, 0.29) is 15.2 Å². The quantitative estimate of drug-likeness (QED) is 0.0872. The number of para-hydroxylation sites is 1. The third-order valence-electron chi connectivity index (χ3n) is 9.03. The second-order valence-electron chi connectivity index (χ2n) is 15.1. The van der Waals surface area contributed by atoms with Gasteiger partial charge in [-0.3, -0.25) is 9.11 Å². The Bertz CT molecular complexity index is 2290. The van der Waals surface area contributed by atoms with Gasteiger partial charge in [-0.2, -0.15) is 16.8 Å². The van der Waals surface area contributed by atoms with Gasteiger partial charge < -0.3 is 10.6 Å². The molecule has 0 heterocycles.